The Balaban J connectivity index is 4.23. The maximum Gasteiger partial charge on any atom is 0.511 e. The summed E-state index contributed by atoms with van der Waals surface area (Å²) in [5, 5.41) is 20.3. The first-order valence-electron chi connectivity index (χ1n) is 8.95. The second-order valence-electron chi connectivity index (χ2n) is 9.43. The highest BCUT2D eigenvalue weighted by Crippen LogP contribution is 2.52. The van der Waals surface area contributed by atoms with E-state index < -0.39 is 6.16 Å². The molecule has 0 radical (unpaired) electrons. The maximum absolute atomic E-state index is 11.3. The van der Waals surface area contributed by atoms with Crippen LogP contribution in [-0.4, -0.2) is 16.4 Å². The molecule has 0 saturated carbocycles. The van der Waals surface area contributed by atoms with Crippen molar-refractivity contribution in [2.75, 3.05) is 0 Å². The molecule has 1 aromatic carbocycles. The predicted molar refractivity (Wildman–Crippen MR) is 102 cm³/mol. The number of hydrogen-bond acceptors (Lipinski definition) is 3. The smallest absolute Gasteiger partial charge is 0.504 e. The molecule has 0 bridgehead atoms. The van der Waals surface area contributed by atoms with Gasteiger partial charge in [-0.1, -0.05) is 69.2 Å². The van der Waals surface area contributed by atoms with Crippen LogP contribution < -0.4 is 4.74 Å². The van der Waals surface area contributed by atoms with Gasteiger partial charge in [-0.2, -0.15) is 0 Å². The lowest BCUT2D eigenvalue weighted by atomic mass is 9.70. The van der Waals surface area contributed by atoms with E-state index in [9.17, 15) is 15.0 Å². The molecule has 0 fully saturated rings. The van der Waals surface area contributed by atoms with E-state index >= 15 is 0 Å². The molecule has 0 saturated heterocycles. The van der Waals surface area contributed by atoms with Gasteiger partial charge in [-0.05, 0) is 33.8 Å². The summed E-state index contributed by atoms with van der Waals surface area (Å²) in [6.07, 6.45) is -1.41. The molecule has 25 heavy (non-hydrogen) atoms. The molecule has 142 valence electrons. The molecule has 1 aromatic rings. The summed E-state index contributed by atoms with van der Waals surface area (Å²) >= 11 is 0. The largest absolute Gasteiger partial charge is 0.511 e. The predicted octanol–water partition coefficient (Wildman–Crippen LogP) is 6.29. The van der Waals surface area contributed by atoms with Gasteiger partial charge < -0.3 is 14.9 Å². The van der Waals surface area contributed by atoms with Gasteiger partial charge in [0.05, 0.1) is 0 Å². The minimum absolute atomic E-state index is 0.0482. The van der Waals surface area contributed by atoms with Gasteiger partial charge >= 0.3 is 6.16 Å². The third-order valence-corrected chi connectivity index (χ3v) is 4.35. The molecule has 4 heteroatoms. The van der Waals surface area contributed by atoms with Crippen LogP contribution in [0.2, 0.25) is 0 Å². The van der Waals surface area contributed by atoms with Crippen molar-refractivity contribution in [2.45, 2.75) is 91.9 Å². The third-order valence-electron chi connectivity index (χ3n) is 4.35. The van der Waals surface area contributed by atoms with E-state index in [-0.39, 0.29) is 34.2 Å². The Morgan fingerprint density at radius 1 is 0.840 bits per heavy atom. The molecule has 1 rings (SSSR count). The van der Waals surface area contributed by atoms with Crippen LogP contribution in [0.3, 0.4) is 0 Å². The number of rotatable bonds is 3. The number of ether oxygens (including phenoxy) is 1. The number of hydrogen-bond donors (Lipinski definition) is 2. The minimum atomic E-state index is -1.41. The lowest BCUT2D eigenvalue weighted by Gasteiger charge is -2.36. The third kappa shape index (κ3) is 4.28. The first-order chi connectivity index (χ1) is 11.1. The van der Waals surface area contributed by atoms with Gasteiger partial charge in [0.25, 0.3) is 0 Å². The van der Waals surface area contributed by atoms with Gasteiger partial charge in [0.1, 0.15) is 0 Å². The summed E-state index contributed by atoms with van der Waals surface area (Å²) < 4.78 is 5.13. The van der Waals surface area contributed by atoms with Gasteiger partial charge in [-0.15, -0.1) is 0 Å². The minimum Gasteiger partial charge on any atom is -0.504 e. The van der Waals surface area contributed by atoms with Crippen molar-refractivity contribution in [3.8, 4) is 11.5 Å². The average molecular weight is 350 g/mol. The van der Waals surface area contributed by atoms with Gasteiger partial charge in [0.2, 0.25) is 0 Å². The second-order valence-corrected chi connectivity index (χ2v) is 9.43. The lowest BCUT2D eigenvalue weighted by Crippen LogP contribution is -2.25. The Bertz CT molecular complexity index is 656. The van der Waals surface area contributed by atoms with E-state index in [1.165, 1.54) is 0 Å². The van der Waals surface area contributed by atoms with Crippen molar-refractivity contribution in [3.63, 3.8) is 0 Å². The van der Waals surface area contributed by atoms with Crippen LogP contribution in [0.5, 0.6) is 11.5 Å². The van der Waals surface area contributed by atoms with Gasteiger partial charge in [-0.25, -0.2) is 4.79 Å². The number of aromatic hydroxyl groups is 1. The fourth-order valence-corrected chi connectivity index (χ4v) is 3.64. The number of carbonyl (C=O) groups is 1. The van der Waals surface area contributed by atoms with Gasteiger partial charge in [0.15, 0.2) is 11.5 Å². The zero-order chi connectivity index (χ0) is 19.9. The molecule has 0 aromatic heterocycles. The van der Waals surface area contributed by atoms with Crippen molar-refractivity contribution in [3.05, 3.63) is 22.3 Å². The van der Waals surface area contributed by atoms with Crippen molar-refractivity contribution >= 4 is 6.16 Å². The number of benzene rings is 1. The number of phenolic OH excluding ortho intramolecular Hbond substituents is 1. The van der Waals surface area contributed by atoms with Crippen LogP contribution in [0, 0.1) is 0 Å². The molecule has 0 atom stereocenters. The topological polar surface area (TPSA) is 66.8 Å². The zero-order valence-corrected chi connectivity index (χ0v) is 17.4. The van der Waals surface area contributed by atoms with E-state index in [1.807, 2.05) is 41.5 Å². The van der Waals surface area contributed by atoms with Crippen molar-refractivity contribution in [2.24, 2.45) is 0 Å². The standard InChI is InChI=1S/C21H34O4/c1-11(2)13-14(12(3)4)16(21(8,9)10)18(25-19(23)24)17(22)15(13)20(5,6)7/h11-12,22H,1-10H3,(H,23,24). The zero-order valence-electron chi connectivity index (χ0n) is 17.4. The lowest BCUT2D eigenvalue weighted by molar-refractivity contribution is 0.141. The quantitative estimate of drug-likeness (QED) is 0.496. The molecule has 0 amide bonds. The molecule has 0 aliphatic rings. The molecular weight excluding hydrogens is 316 g/mol. The van der Waals surface area contributed by atoms with Crippen LogP contribution in [0.1, 0.15) is 103 Å². The van der Waals surface area contributed by atoms with Crippen LogP contribution >= 0.6 is 0 Å². The molecule has 0 unspecified atom stereocenters. The summed E-state index contributed by atoms with van der Waals surface area (Å²) in [5.41, 5.74) is 3.01. The summed E-state index contributed by atoms with van der Waals surface area (Å²) in [5.74, 6) is 0.396. The van der Waals surface area contributed by atoms with Gasteiger partial charge in [-0.3, -0.25) is 0 Å². The molecule has 0 aliphatic heterocycles. The molecule has 2 N–H and O–H groups in total. The summed E-state index contributed by atoms with van der Waals surface area (Å²) in [4.78, 5) is 11.3. The van der Waals surface area contributed by atoms with E-state index in [2.05, 4.69) is 27.7 Å². The van der Waals surface area contributed by atoms with Crippen LogP contribution in [0.4, 0.5) is 4.79 Å². The Morgan fingerprint density at radius 3 is 1.48 bits per heavy atom. The highest BCUT2D eigenvalue weighted by molar-refractivity contribution is 5.70. The summed E-state index contributed by atoms with van der Waals surface area (Å²) in [7, 11) is 0. The van der Waals surface area contributed by atoms with Crippen LogP contribution in [0.15, 0.2) is 0 Å². The number of phenols is 1. The van der Waals surface area contributed by atoms with Crippen molar-refractivity contribution in [1.29, 1.82) is 0 Å². The Morgan fingerprint density at radius 2 is 1.20 bits per heavy atom. The van der Waals surface area contributed by atoms with Crippen LogP contribution in [-0.2, 0) is 10.8 Å². The summed E-state index contributed by atoms with van der Waals surface area (Å²) in [6, 6.07) is 0. The van der Waals surface area contributed by atoms with E-state index in [1.54, 1.807) is 0 Å². The van der Waals surface area contributed by atoms with E-state index in [0.717, 1.165) is 22.3 Å². The Hall–Kier alpha value is -1.71. The second kappa shape index (κ2) is 6.89. The molecule has 4 nitrogen and oxygen atoms in total. The Labute approximate surface area is 152 Å². The summed E-state index contributed by atoms with van der Waals surface area (Å²) in [6.45, 7) is 20.6. The molecule has 0 heterocycles. The molecule has 0 spiro atoms. The fraction of sp³-hybridized carbons (Fsp3) is 0.667. The number of carboxylic acid groups (broad SMARTS) is 1. The van der Waals surface area contributed by atoms with Crippen molar-refractivity contribution < 1.29 is 19.7 Å². The van der Waals surface area contributed by atoms with Crippen LogP contribution in [0.25, 0.3) is 0 Å². The van der Waals surface area contributed by atoms with E-state index in [0.29, 0.717) is 0 Å². The molecular formula is C21H34O4. The first-order valence-corrected chi connectivity index (χ1v) is 8.95. The van der Waals surface area contributed by atoms with Crippen molar-refractivity contribution in [1.82, 2.24) is 0 Å². The van der Waals surface area contributed by atoms with Gasteiger partial charge in [0, 0.05) is 11.1 Å². The first kappa shape index (κ1) is 21.3. The molecule has 0 aliphatic carbocycles. The van der Waals surface area contributed by atoms with E-state index in [4.69, 9.17) is 4.74 Å². The highest BCUT2D eigenvalue weighted by Gasteiger charge is 2.37. The SMILES string of the molecule is CC(C)c1c(C(C)C)c(C(C)(C)C)c(OC(=O)O)c(O)c1C(C)(C)C. The Kier molecular flexibility index (Phi) is 5.88. The normalized spacial score (nSPS) is 12.8. The maximum atomic E-state index is 11.3. The fourth-order valence-electron chi connectivity index (χ4n) is 3.64. The average Bonchev–Trinajstić information content (AvgIpc) is 2.35. The monoisotopic (exact) mass is 350 g/mol. The highest BCUT2D eigenvalue weighted by atomic mass is 16.7.